The molecule has 5 heteroatoms. The maximum absolute atomic E-state index is 13.6. The highest BCUT2D eigenvalue weighted by atomic mass is 16.5. The number of carbonyl (C=O) groups excluding carboxylic acids is 2. The number of rotatable bonds is 4. The number of methoxy groups -OCH3 is 2. The number of hydrogen-bond acceptors (Lipinski definition) is 4. The van der Waals surface area contributed by atoms with Crippen LogP contribution in [-0.4, -0.2) is 44.1 Å². The Morgan fingerprint density at radius 1 is 1.00 bits per heavy atom. The highest BCUT2D eigenvalue weighted by molar-refractivity contribution is 5.89. The first-order valence-electron chi connectivity index (χ1n) is 10.1. The Kier molecular flexibility index (Phi) is 4.65. The van der Waals surface area contributed by atoms with Gasteiger partial charge >= 0.3 is 5.97 Å². The van der Waals surface area contributed by atoms with E-state index in [0.29, 0.717) is 0 Å². The smallest absolute Gasteiger partial charge is 0.309 e. The molecule has 146 valence electrons. The maximum Gasteiger partial charge on any atom is 0.309 e. The van der Waals surface area contributed by atoms with Gasteiger partial charge in [-0.15, -0.1) is 0 Å². The highest BCUT2D eigenvalue weighted by Gasteiger charge is 2.60. The number of carbonyl (C=O) groups is 2. The van der Waals surface area contributed by atoms with Gasteiger partial charge in [0.15, 0.2) is 0 Å². The summed E-state index contributed by atoms with van der Waals surface area (Å²) in [6.45, 7) is 1.51. The second-order valence-electron chi connectivity index (χ2n) is 8.45. The summed E-state index contributed by atoms with van der Waals surface area (Å²) in [5, 5.41) is 0. The lowest BCUT2D eigenvalue weighted by atomic mass is 9.76. The predicted molar refractivity (Wildman–Crippen MR) is 102 cm³/mol. The van der Waals surface area contributed by atoms with Crippen LogP contribution < -0.4 is 4.74 Å². The normalized spacial score (nSPS) is 25.3. The summed E-state index contributed by atoms with van der Waals surface area (Å²) < 4.78 is 10.2. The van der Waals surface area contributed by atoms with Crippen LogP contribution in [0.25, 0.3) is 0 Å². The van der Waals surface area contributed by atoms with E-state index in [9.17, 15) is 9.59 Å². The molecule has 1 spiro atoms. The van der Waals surface area contributed by atoms with Crippen molar-refractivity contribution in [3.63, 3.8) is 0 Å². The van der Waals surface area contributed by atoms with Gasteiger partial charge < -0.3 is 14.4 Å². The molecule has 5 nitrogen and oxygen atoms in total. The van der Waals surface area contributed by atoms with Crippen molar-refractivity contribution in [1.29, 1.82) is 0 Å². The third kappa shape index (κ3) is 3.01. The number of benzene rings is 1. The summed E-state index contributed by atoms with van der Waals surface area (Å²) >= 11 is 0. The Morgan fingerprint density at radius 2 is 1.63 bits per heavy atom. The molecule has 2 aliphatic carbocycles. The molecule has 1 heterocycles. The number of nitrogens with zero attached hydrogens (tertiary/aromatic N) is 1. The topological polar surface area (TPSA) is 55.8 Å². The van der Waals surface area contributed by atoms with Crippen molar-refractivity contribution in [2.24, 2.45) is 11.3 Å². The minimum absolute atomic E-state index is 0.0433. The summed E-state index contributed by atoms with van der Waals surface area (Å²) in [7, 11) is 3.13. The largest absolute Gasteiger partial charge is 0.497 e. The molecule has 0 aromatic heterocycles. The van der Waals surface area contributed by atoms with Gasteiger partial charge in [-0.1, -0.05) is 25.0 Å². The van der Waals surface area contributed by atoms with E-state index < -0.39 is 0 Å². The van der Waals surface area contributed by atoms with Crippen LogP contribution in [0.5, 0.6) is 5.75 Å². The van der Waals surface area contributed by atoms with E-state index in [-0.39, 0.29) is 28.6 Å². The van der Waals surface area contributed by atoms with Crippen LogP contribution in [0.3, 0.4) is 0 Å². The van der Waals surface area contributed by atoms with Gasteiger partial charge in [0.25, 0.3) is 0 Å². The fourth-order valence-corrected chi connectivity index (χ4v) is 5.35. The van der Waals surface area contributed by atoms with Crippen molar-refractivity contribution >= 4 is 11.9 Å². The van der Waals surface area contributed by atoms with Crippen LogP contribution in [0.2, 0.25) is 0 Å². The van der Waals surface area contributed by atoms with Gasteiger partial charge in [0.2, 0.25) is 5.91 Å². The summed E-state index contributed by atoms with van der Waals surface area (Å²) in [6.07, 6.45) is 6.79. The van der Waals surface area contributed by atoms with Gasteiger partial charge in [0.1, 0.15) is 5.75 Å². The second kappa shape index (κ2) is 6.84. The van der Waals surface area contributed by atoms with E-state index in [4.69, 9.17) is 9.47 Å². The number of amides is 1. The van der Waals surface area contributed by atoms with Crippen molar-refractivity contribution < 1.29 is 19.1 Å². The van der Waals surface area contributed by atoms with Crippen LogP contribution in [0.15, 0.2) is 24.3 Å². The van der Waals surface area contributed by atoms with Gasteiger partial charge in [0.05, 0.1) is 25.6 Å². The monoisotopic (exact) mass is 371 g/mol. The zero-order valence-electron chi connectivity index (χ0n) is 16.3. The summed E-state index contributed by atoms with van der Waals surface area (Å²) in [5.41, 5.74) is 0.819. The molecule has 1 amide bonds. The Bertz CT molecular complexity index is 712. The van der Waals surface area contributed by atoms with Crippen LogP contribution in [0, 0.1) is 11.3 Å². The van der Waals surface area contributed by atoms with Crippen LogP contribution in [-0.2, 0) is 19.7 Å². The van der Waals surface area contributed by atoms with E-state index in [1.54, 1.807) is 7.11 Å². The van der Waals surface area contributed by atoms with Gasteiger partial charge in [-0.05, 0) is 55.2 Å². The lowest BCUT2D eigenvalue weighted by Crippen LogP contribution is -2.49. The van der Waals surface area contributed by atoms with Crippen LogP contribution in [0.4, 0.5) is 0 Å². The molecular weight excluding hydrogens is 342 g/mol. The number of esters is 1. The highest BCUT2D eigenvalue weighted by Crippen LogP contribution is 2.60. The van der Waals surface area contributed by atoms with Gasteiger partial charge in [0, 0.05) is 13.1 Å². The average Bonchev–Trinajstić information content (AvgIpc) is 3.18. The molecule has 3 fully saturated rings. The number of ether oxygens (including phenoxy) is 2. The molecular formula is C22H29NO4. The molecule has 1 aliphatic heterocycles. The first-order valence-corrected chi connectivity index (χ1v) is 10.1. The molecule has 1 unspecified atom stereocenters. The van der Waals surface area contributed by atoms with E-state index >= 15 is 0 Å². The lowest BCUT2D eigenvalue weighted by Gasteiger charge is -2.39. The minimum Gasteiger partial charge on any atom is -0.497 e. The number of hydrogen-bond donors (Lipinski definition) is 0. The van der Waals surface area contributed by atoms with E-state index in [1.165, 1.54) is 7.11 Å². The van der Waals surface area contributed by atoms with Crippen molar-refractivity contribution in [1.82, 2.24) is 4.90 Å². The maximum atomic E-state index is 13.6. The zero-order chi connectivity index (χ0) is 19.1. The molecule has 4 rings (SSSR count). The van der Waals surface area contributed by atoms with Crippen molar-refractivity contribution in [3.05, 3.63) is 29.8 Å². The molecule has 1 atom stereocenters. The molecule has 27 heavy (non-hydrogen) atoms. The van der Waals surface area contributed by atoms with E-state index in [0.717, 1.165) is 69.3 Å². The molecule has 0 bridgehead atoms. The van der Waals surface area contributed by atoms with Crippen molar-refractivity contribution in [2.75, 3.05) is 27.3 Å². The van der Waals surface area contributed by atoms with Crippen LogP contribution >= 0.6 is 0 Å². The van der Waals surface area contributed by atoms with Crippen LogP contribution in [0.1, 0.15) is 50.5 Å². The molecule has 1 aromatic rings. The zero-order valence-corrected chi connectivity index (χ0v) is 16.3. The second-order valence-corrected chi connectivity index (χ2v) is 8.45. The third-order valence-corrected chi connectivity index (χ3v) is 7.23. The standard InChI is InChI=1S/C22H29NO4/c1-26-17-7-5-16(6-8-17)22(9-3-4-10-22)20(25)23-13-11-21(12-14-23)15-18(21)19(24)27-2/h5-8,18H,3-4,9-15H2,1-2H3. The molecule has 3 aliphatic rings. The Morgan fingerprint density at radius 3 is 2.19 bits per heavy atom. The summed E-state index contributed by atoms with van der Waals surface area (Å²) in [6, 6.07) is 8.03. The molecule has 0 N–H and O–H groups in total. The lowest BCUT2D eigenvalue weighted by molar-refractivity contribution is -0.143. The van der Waals surface area contributed by atoms with E-state index in [1.807, 2.05) is 17.0 Å². The van der Waals surface area contributed by atoms with Gasteiger partial charge in [-0.2, -0.15) is 0 Å². The first-order chi connectivity index (χ1) is 13.0. The van der Waals surface area contributed by atoms with Crippen molar-refractivity contribution in [3.8, 4) is 5.75 Å². The fourth-order valence-electron chi connectivity index (χ4n) is 5.35. The predicted octanol–water partition coefficient (Wildman–Crippen LogP) is 3.31. The van der Waals surface area contributed by atoms with Gasteiger partial charge in [-0.25, -0.2) is 0 Å². The number of piperidine rings is 1. The summed E-state index contributed by atoms with van der Waals surface area (Å²) in [4.78, 5) is 27.5. The Hall–Kier alpha value is -2.04. The molecule has 0 radical (unpaired) electrons. The fraction of sp³-hybridized carbons (Fsp3) is 0.636. The average molecular weight is 371 g/mol. The quantitative estimate of drug-likeness (QED) is 0.762. The molecule has 1 aromatic carbocycles. The molecule has 2 saturated carbocycles. The van der Waals surface area contributed by atoms with E-state index in [2.05, 4.69) is 12.1 Å². The first kappa shape index (κ1) is 18.3. The van der Waals surface area contributed by atoms with Crippen molar-refractivity contribution in [2.45, 2.75) is 50.4 Å². The Balaban J connectivity index is 1.48. The minimum atomic E-state index is -0.387. The number of likely N-dealkylation sites (tertiary alicyclic amines) is 1. The Labute approximate surface area is 161 Å². The molecule has 1 saturated heterocycles. The van der Waals surface area contributed by atoms with Gasteiger partial charge in [-0.3, -0.25) is 9.59 Å². The third-order valence-electron chi connectivity index (χ3n) is 7.23. The SMILES string of the molecule is COC(=O)C1CC12CCN(C(=O)C1(c3ccc(OC)cc3)CCCC1)CC2. The summed E-state index contributed by atoms with van der Waals surface area (Å²) in [5.74, 6) is 1.05.